The summed E-state index contributed by atoms with van der Waals surface area (Å²) in [4.78, 5) is 10.7. The molecule has 7 heteroatoms. The van der Waals surface area contributed by atoms with Crippen LogP contribution in [0.1, 0.15) is 6.92 Å². The van der Waals surface area contributed by atoms with E-state index in [0.29, 0.717) is 18.1 Å². The van der Waals surface area contributed by atoms with E-state index >= 15 is 0 Å². The summed E-state index contributed by atoms with van der Waals surface area (Å²) in [5.41, 5.74) is 0.268. The lowest BCUT2D eigenvalue weighted by Crippen LogP contribution is -2.02. The van der Waals surface area contributed by atoms with Crippen LogP contribution in [0.25, 0.3) is 0 Å². The Morgan fingerprint density at radius 3 is 2.84 bits per heavy atom. The molecule has 0 radical (unpaired) electrons. The Morgan fingerprint density at radius 1 is 1.47 bits per heavy atom. The first kappa shape index (κ1) is 12.9. The Kier molecular flexibility index (Phi) is 3.65. The van der Waals surface area contributed by atoms with E-state index in [1.165, 1.54) is 0 Å². The molecule has 1 aromatic heterocycles. The number of aromatic nitrogens is 2. The van der Waals surface area contributed by atoms with E-state index in [4.69, 9.17) is 4.74 Å². The van der Waals surface area contributed by atoms with E-state index in [2.05, 4.69) is 10.4 Å². The van der Waals surface area contributed by atoms with E-state index in [0.717, 1.165) is 0 Å². The molecule has 2 rings (SSSR count). The number of nitrogens with one attached hydrogen (secondary N) is 1. The molecule has 0 aliphatic rings. The number of hydrogen-bond donors (Lipinski definition) is 1. The molecule has 0 spiro atoms. The van der Waals surface area contributed by atoms with Crippen LogP contribution in [-0.2, 0) is 7.05 Å². The van der Waals surface area contributed by atoms with Crippen LogP contribution < -0.4 is 10.1 Å². The van der Waals surface area contributed by atoms with E-state index < -0.39 is 4.92 Å². The molecule has 0 aliphatic carbocycles. The summed E-state index contributed by atoms with van der Waals surface area (Å²) in [6.07, 6.45) is 1.75. The normalized spacial score (nSPS) is 10.2. The van der Waals surface area contributed by atoms with Crippen molar-refractivity contribution in [3.8, 4) is 5.75 Å². The number of aryl methyl sites for hydroxylation is 1. The highest BCUT2D eigenvalue weighted by atomic mass is 16.6. The molecule has 0 bridgehead atoms. The maximum atomic E-state index is 11.2. The highest BCUT2D eigenvalue weighted by Gasteiger charge is 2.21. The second-order valence-corrected chi connectivity index (χ2v) is 3.84. The molecule has 0 atom stereocenters. The number of hydrogen-bond acceptors (Lipinski definition) is 5. The van der Waals surface area contributed by atoms with Gasteiger partial charge in [0.05, 0.1) is 11.5 Å². The molecule has 7 nitrogen and oxygen atoms in total. The van der Waals surface area contributed by atoms with Crippen LogP contribution in [0.15, 0.2) is 30.5 Å². The van der Waals surface area contributed by atoms with Crippen molar-refractivity contribution in [1.82, 2.24) is 9.78 Å². The summed E-state index contributed by atoms with van der Waals surface area (Å²) >= 11 is 0. The molecule has 1 heterocycles. The Balaban J connectivity index is 2.38. The molecule has 0 amide bonds. The zero-order valence-electron chi connectivity index (χ0n) is 10.7. The van der Waals surface area contributed by atoms with Crippen molar-refractivity contribution in [3.05, 3.63) is 40.6 Å². The fourth-order valence-electron chi connectivity index (χ4n) is 1.70. The molecular weight excluding hydrogens is 248 g/mol. The van der Waals surface area contributed by atoms with E-state index in [1.807, 2.05) is 0 Å². The molecule has 100 valence electrons. The minimum atomic E-state index is -0.462. The van der Waals surface area contributed by atoms with Crippen molar-refractivity contribution >= 4 is 17.2 Å². The van der Waals surface area contributed by atoms with Crippen LogP contribution in [0.3, 0.4) is 0 Å². The zero-order chi connectivity index (χ0) is 13.8. The van der Waals surface area contributed by atoms with Gasteiger partial charge in [0.25, 0.3) is 0 Å². The van der Waals surface area contributed by atoms with Gasteiger partial charge < -0.3 is 10.1 Å². The second kappa shape index (κ2) is 5.38. The molecule has 1 aromatic carbocycles. The Labute approximate surface area is 110 Å². The topological polar surface area (TPSA) is 82.2 Å². The summed E-state index contributed by atoms with van der Waals surface area (Å²) in [6, 6.07) is 6.63. The first-order valence-corrected chi connectivity index (χ1v) is 5.78. The number of nitro benzene ring substituents is 1. The number of nitrogens with zero attached hydrogens (tertiary/aromatic N) is 3. The van der Waals surface area contributed by atoms with Crippen LogP contribution in [0.5, 0.6) is 5.75 Å². The van der Waals surface area contributed by atoms with Gasteiger partial charge in [-0.3, -0.25) is 14.8 Å². The lowest BCUT2D eigenvalue weighted by Gasteiger charge is -2.08. The molecule has 0 saturated carbocycles. The standard InChI is InChI=1S/C12H14N4O3/c1-3-19-10-6-4-5-9(12(10)16(17)18)13-11-7-8-15(2)14-11/h4-8H,3H2,1-2H3,(H,13,14). The van der Waals surface area contributed by atoms with Crippen LogP contribution >= 0.6 is 0 Å². The fourth-order valence-corrected chi connectivity index (χ4v) is 1.70. The van der Waals surface area contributed by atoms with Crippen molar-refractivity contribution in [2.24, 2.45) is 7.05 Å². The van der Waals surface area contributed by atoms with Crippen LogP contribution in [0, 0.1) is 10.1 Å². The Bertz CT molecular complexity index is 594. The van der Waals surface area contributed by atoms with Crippen molar-refractivity contribution in [3.63, 3.8) is 0 Å². The number of benzene rings is 1. The zero-order valence-corrected chi connectivity index (χ0v) is 10.7. The average molecular weight is 262 g/mol. The number of rotatable bonds is 5. The van der Waals surface area contributed by atoms with Crippen molar-refractivity contribution < 1.29 is 9.66 Å². The molecule has 2 aromatic rings. The van der Waals surface area contributed by atoms with Gasteiger partial charge in [-0.15, -0.1) is 0 Å². The van der Waals surface area contributed by atoms with Crippen molar-refractivity contribution in [1.29, 1.82) is 0 Å². The van der Waals surface area contributed by atoms with Crippen LogP contribution in [0.4, 0.5) is 17.2 Å². The SMILES string of the molecule is CCOc1cccc(Nc2ccn(C)n2)c1[N+](=O)[O-]. The van der Waals surface area contributed by atoms with Gasteiger partial charge in [-0.1, -0.05) is 6.07 Å². The minimum absolute atomic E-state index is 0.0880. The molecule has 0 unspecified atom stereocenters. The summed E-state index contributed by atoms with van der Waals surface area (Å²) < 4.78 is 6.89. The van der Waals surface area contributed by atoms with Gasteiger partial charge in [0.15, 0.2) is 11.6 Å². The molecule has 19 heavy (non-hydrogen) atoms. The quantitative estimate of drug-likeness (QED) is 0.661. The smallest absolute Gasteiger partial charge is 0.334 e. The van der Waals surface area contributed by atoms with Gasteiger partial charge in [-0.2, -0.15) is 5.10 Å². The molecule has 0 fully saturated rings. The number of nitro groups is 1. The van der Waals surface area contributed by atoms with Crippen LogP contribution in [-0.4, -0.2) is 21.3 Å². The first-order chi connectivity index (χ1) is 9.11. The van der Waals surface area contributed by atoms with Gasteiger partial charge in [-0.05, 0) is 19.1 Å². The Morgan fingerprint density at radius 2 is 2.26 bits per heavy atom. The predicted molar refractivity (Wildman–Crippen MR) is 70.8 cm³/mol. The molecule has 0 saturated heterocycles. The van der Waals surface area contributed by atoms with Crippen LogP contribution in [0.2, 0.25) is 0 Å². The van der Waals surface area contributed by atoms with Crippen molar-refractivity contribution in [2.75, 3.05) is 11.9 Å². The highest BCUT2D eigenvalue weighted by Crippen LogP contribution is 2.36. The van der Waals surface area contributed by atoms with Gasteiger partial charge >= 0.3 is 5.69 Å². The fraction of sp³-hybridized carbons (Fsp3) is 0.250. The number of ether oxygens (including phenoxy) is 1. The first-order valence-electron chi connectivity index (χ1n) is 5.78. The van der Waals surface area contributed by atoms with E-state index in [9.17, 15) is 10.1 Å². The van der Waals surface area contributed by atoms with Gasteiger partial charge in [0, 0.05) is 19.3 Å². The van der Waals surface area contributed by atoms with E-state index in [1.54, 1.807) is 49.1 Å². The average Bonchev–Trinajstić information content (AvgIpc) is 2.75. The van der Waals surface area contributed by atoms with Gasteiger partial charge in [-0.25, -0.2) is 0 Å². The van der Waals surface area contributed by atoms with E-state index in [-0.39, 0.29) is 11.4 Å². The van der Waals surface area contributed by atoms with Gasteiger partial charge in [0.2, 0.25) is 0 Å². The molecule has 1 N–H and O–H groups in total. The lowest BCUT2D eigenvalue weighted by molar-refractivity contribution is -0.384. The minimum Gasteiger partial charge on any atom is -0.487 e. The van der Waals surface area contributed by atoms with Gasteiger partial charge in [0.1, 0.15) is 5.69 Å². The van der Waals surface area contributed by atoms with Crippen molar-refractivity contribution in [2.45, 2.75) is 6.92 Å². The third-order valence-electron chi connectivity index (χ3n) is 2.46. The Hall–Kier alpha value is -2.57. The monoisotopic (exact) mass is 262 g/mol. The third kappa shape index (κ3) is 2.82. The number of para-hydroxylation sites is 1. The largest absolute Gasteiger partial charge is 0.487 e. The predicted octanol–water partition coefficient (Wildman–Crippen LogP) is 2.47. The molecule has 0 aliphatic heterocycles. The second-order valence-electron chi connectivity index (χ2n) is 3.84. The highest BCUT2D eigenvalue weighted by molar-refractivity contribution is 5.72. The molecular formula is C12H14N4O3. The summed E-state index contributed by atoms with van der Waals surface area (Å²) in [7, 11) is 1.77. The summed E-state index contributed by atoms with van der Waals surface area (Å²) in [6.45, 7) is 2.15. The maximum absolute atomic E-state index is 11.2. The third-order valence-corrected chi connectivity index (χ3v) is 2.46. The summed E-state index contributed by atoms with van der Waals surface area (Å²) in [5.74, 6) is 0.785. The number of anilines is 2. The summed E-state index contributed by atoms with van der Waals surface area (Å²) in [5, 5.41) is 18.2. The maximum Gasteiger partial charge on any atom is 0.334 e. The lowest BCUT2D eigenvalue weighted by atomic mass is 10.2.